The fourth-order valence-corrected chi connectivity index (χ4v) is 2.54. The lowest BCUT2D eigenvalue weighted by molar-refractivity contribution is 0.0686. The van der Waals surface area contributed by atoms with Crippen molar-refractivity contribution in [1.29, 1.82) is 0 Å². The molecule has 0 aliphatic rings. The van der Waals surface area contributed by atoms with Crippen LogP contribution in [0.25, 0.3) is 16.5 Å². The van der Waals surface area contributed by atoms with E-state index >= 15 is 0 Å². The van der Waals surface area contributed by atoms with E-state index in [0.717, 1.165) is 0 Å². The first-order valence-corrected chi connectivity index (χ1v) is 6.87. The number of carboxylic acids is 2. The van der Waals surface area contributed by atoms with Gasteiger partial charge in [0.15, 0.2) is 6.29 Å². The van der Waals surface area contributed by atoms with Crippen LogP contribution >= 0.6 is 0 Å². The Bertz CT molecular complexity index is 838. The Morgan fingerprint density at radius 3 is 2.09 bits per heavy atom. The summed E-state index contributed by atoms with van der Waals surface area (Å²) in [7, 11) is 0. The van der Waals surface area contributed by atoms with Crippen molar-refractivity contribution >= 4 is 34.7 Å². The Hall–Kier alpha value is -3.15. The lowest BCUT2D eigenvalue weighted by Gasteiger charge is -2.15. The summed E-state index contributed by atoms with van der Waals surface area (Å²) in [6.45, 7) is 6.28. The van der Waals surface area contributed by atoms with Gasteiger partial charge in [-0.3, -0.25) is 4.79 Å². The summed E-state index contributed by atoms with van der Waals surface area (Å²) in [5.41, 5.74) is 0.822. The first kappa shape index (κ1) is 16.2. The van der Waals surface area contributed by atoms with E-state index in [4.69, 9.17) is 0 Å². The third-order valence-corrected chi connectivity index (χ3v) is 3.50. The predicted octanol–water partition coefficient (Wildman–Crippen LogP) is 2.63. The highest BCUT2D eigenvalue weighted by Gasteiger charge is 2.21. The molecule has 2 rings (SSSR count). The number of rotatable bonds is 6. The standard InChI is InChI=1S/C17H15NO5/c1-3-18-9(2)11-6-7-12(16(20)21)14-10(8-19)4-5-13(15(11)14)17(22)23/h4-8,18H,2-3H2,1H3,(H,20,21)(H,22,23). The van der Waals surface area contributed by atoms with E-state index in [9.17, 15) is 24.6 Å². The van der Waals surface area contributed by atoms with Gasteiger partial charge in [-0.2, -0.15) is 0 Å². The SMILES string of the molecule is C=C(NCC)c1ccc(C(=O)O)c2c(C=O)ccc(C(=O)O)c12. The lowest BCUT2D eigenvalue weighted by Crippen LogP contribution is -2.13. The van der Waals surface area contributed by atoms with Gasteiger partial charge in [0.25, 0.3) is 0 Å². The van der Waals surface area contributed by atoms with Crippen LogP contribution in [-0.2, 0) is 0 Å². The molecule has 0 aliphatic heterocycles. The molecule has 6 nitrogen and oxygen atoms in total. The van der Waals surface area contributed by atoms with Crippen molar-refractivity contribution in [3.8, 4) is 0 Å². The van der Waals surface area contributed by atoms with E-state index in [-0.39, 0.29) is 27.5 Å². The van der Waals surface area contributed by atoms with Crippen LogP contribution in [0.3, 0.4) is 0 Å². The molecule has 3 N–H and O–H groups in total. The number of nitrogens with one attached hydrogen (secondary N) is 1. The van der Waals surface area contributed by atoms with Crippen molar-refractivity contribution < 1.29 is 24.6 Å². The van der Waals surface area contributed by atoms with E-state index in [1.54, 1.807) is 0 Å². The number of aromatic carboxylic acids is 2. The fraction of sp³-hybridized carbons (Fsp3) is 0.118. The minimum absolute atomic E-state index is 0.0808. The van der Waals surface area contributed by atoms with Gasteiger partial charge in [0.1, 0.15) is 0 Å². The summed E-state index contributed by atoms with van der Waals surface area (Å²) in [6, 6.07) is 5.45. The van der Waals surface area contributed by atoms with Crippen molar-refractivity contribution in [3.63, 3.8) is 0 Å². The molecule has 0 amide bonds. The number of carbonyl (C=O) groups is 3. The fourth-order valence-electron chi connectivity index (χ4n) is 2.54. The number of carboxylic acid groups (broad SMARTS) is 2. The van der Waals surface area contributed by atoms with Gasteiger partial charge < -0.3 is 15.5 Å². The Morgan fingerprint density at radius 1 is 1.04 bits per heavy atom. The van der Waals surface area contributed by atoms with Crippen molar-refractivity contribution in [2.45, 2.75) is 6.92 Å². The number of hydrogen-bond donors (Lipinski definition) is 3. The van der Waals surface area contributed by atoms with E-state index < -0.39 is 11.9 Å². The average molecular weight is 313 g/mol. The molecule has 2 aromatic rings. The molecule has 23 heavy (non-hydrogen) atoms. The zero-order chi connectivity index (χ0) is 17.1. The Balaban J connectivity index is 3.03. The second-order valence-electron chi connectivity index (χ2n) is 4.85. The van der Waals surface area contributed by atoms with Crippen LogP contribution in [-0.4, -0.2) is 35.0 Å². The molecule has 0 atom stereocenters. The molecular formula is C17H15NO5. The number of carbonyl (C=O) groups excluding carboxylic acids is 1. The second-order valence-corrected chi connectivity index (χ2v) is 4.85. The topological polar surface area (TPSA) is 104 Å². The Morgan fingerprint density at radius 2 is 1.57 bits per heavy atom. The summed E-state index contributed by atoms with van der Waals surface area (Å²) in [6.07, 6.45) is 0.514. The van der Waals surface area contributed by atoms with Crippen LogP contribution in [0.5, 0.6) is 0 Å². The van der Waals surface area contributed by atoms with E-state index in [1.807, 2.05) is 6.92 Å². The molecular weight excluding hydrogens is 298 g/mol. The lowest BCUT2D eigenvalue weighted by atomic mass is 9.91. The summed E-state index contributed by atoms with van der Waals surface area (Å²) >= 11 is 0. The van der Waals surface area contributed by atoms with Crippen molar-refractivity contribution in [3.05, 3.63) is 53.1 Å². The van der Waals surface area contributed by atoms with Crippen molar-refractivity contribution in [2.75, 3.05) is 6.54 Å². The van der Waals surface area contributed by atoms with Crippen LogP contribution in [0, 0.1) is 0 Å². The monoisotopic (exact) mass is 313 g/mol. The van der Waals surface area contributed by atoms with Crippen LogP contribution in [0.15, 0.2) is 30.8 Å². The zero-order valence-electron chi connectivity index (χ0n) is 12.4. The summed E-state index contributed by atoms with van der Waals surface area (Å²) in [5.74, 6) is -2.44. The smallest absolute Gasteiger partial charge is 0.336 e. The van der Waals surface area contributed by atoms with Gasteiger partial charge in [0.05, 0.1) is 11.1 Å². The third kappa shape index (κ3) is 2.78. The van der Waals surface area contributed by atoms with Gasteiger partial charge in [-0.05, 0) is 19.1 Å². The third-order valence-electron chi connectivity index (χ3n) is 3.50. The zero-order valence-corrected chi connectivity index (χ0v) is 12.4. The molecule has 0 spiro atoms. The van der Waals surface area contributed by atoms with Crippen LogP contribution < -0.4 is 5.32 Å². The molecule has 0 aromatic heterocycles. The van der Waals surface area contributed by atoms with Crippen LogP contribution in [0.4, 0.5) is 0 Å². The highest BCUT2D eigenvalue weighted by Crippen LogP contribution is 2.32. The molecule has 0 fully saturated rings. The molecule has 0 saturated carbocycles. The molecule has 0 heterocycles. The first-order valence-electron chi connectivity index (χ1n) is 6.87. The van der Waals surface area contributed by atoms with E-state index in [2.05, 4.69) is 11.9 Å². The molecule has 0 aliphatic carbocycles. The maximum absolute atomic E-state index is 11.5. The largest absolute Gasteiger partial charge is 0.478 e. The van der Waals surface area contributed by atoms with Gasteiger partial charge in [-0.15, -0.1) is 0 Å². The molecule has 0 bridgehead atoms. The molecule has 0 saturated heterocycles. The highest BCUT2D eigenvalue weighted by atomic mass is 16.4. The molecule has 0 unspecified atom stereocenters. The van der Waals surface area contributed by atoms with Crippen LogP contribution in [0.1, 0.15) is 43.6 Å². The van der Waals surface area contributed by atoms with Gasteiger partial charge in [0.2, 0.25) is 0 Å². The quantitative estimate of drug-likeness (QED) is 0.708. The number of benzene rings is 2. The predicted molar refractivity (Wildman–Crippen MR) is 86.0 cm³/mol. The van der Waals surface area contributed by atoms with E-state index in [0.29, 0.717) is 24.1 Å². The molecule has 0 radical (unpaired) electrons. The normalized spacial score (nSPS) is 10.3. The molecule has 118 valence electrons. The van der Waals surface area contributed by atoms with Gasteiger partial charge in [0, 0.05) is 34.1 Å². The van der Waals surface area contributed by atoms with Gasteiger partial charge in [-0.25, -0.2) is 9.59 Å². The minimum Gasteiger partial charge on any atom is -0.478 e. The maximum atomic E-state index is 11.5. The van der Waals surface area contributed by atoms with Gasteiger partial charge in [-0.1, -0.05) is 18.7 Å². The Kier molecular flexibility index (Phi) is 4.45. The van der Waals surface area contributed by atoms with E-state index in [1.165, 1.54) is 24.3 Å². The average Bonchev–Trinajstić information content (AvgIpc) is 2.52. The maximum Gasteiger partial charge on any atom is 0.336 e. The number of fused-ring (bicyclic) bond motifs is 1. The second kappa shape index (κ2) is 6.31. The Labute approximate surface area is 132 Å². The minimum atomic E-state index is -1.23. The summed E-state index contributed by atoms with van der Waals surface area (Å²) in [5, 5.41) is 22.1. The number of hydrogen-bond acceptors (Lipinski definition) is 4. The molecule has 6 heteroatoms. The van der Waals surface area contributed by atoms with Crippen LogP contribution in [0.2, 0.25) is 0 Å². The first-order chi connectivity index (χ1) is 10.9. The van der Waals surface area contributed by atoms with Crippen molar-refractivity contribution in [2.24, 2.45) is 0 Å². The van der Waals surface area contributed by atoms with Gasteiger partial charge >= 0.3 is 11.9 Å². The summed E-state index contributed by atoms with van der Waals surface area (Å²) in [4.78, 5) is 34.3. The van der Waals surface area contributed by atoms with Crippen molar-refractivity contribution in [1.82, 2.24) is 5.32 Å². The summed E-state index contributed by atoms with van der Waals surface area (Å²) < 4.78 is 0. The number of aldehydes is 1. The molecule has 2 aromatic carbocycles. The highest BCUT2D eigenvalue weighted by molar-refractivity contribution is 6.18.